The molecular formula is C22H20FN3S. The number of fused-ring (bicyclic) bond motifs is 3. The summed E-state index contributed by atoms with van der Waals surface area (Å²) >= 11 is 1.67. The van der Waals surface area contributed by atoms with E-state index in [1.54, 1.807) is 17.5 Å². The van der Waals surface area contributed by atoms with Crippen LogP contribution in [0.1, 0.15) is 16.8 Å². The van der Waals surface area contributed by atoms with Crippen molar-refractivity contribution < 1.29 is 4.39 Å². The number of rotatable bonds is 2. The van der Waals surface area contributed by atoms with Gasteiger partial charge in [0.25, 0.3) is 0 Å². The molecule has 0 fully saturated rings. The maximum absolute atomic E-state index is 13.3. The van der Waals surface area contributed by atoms with Crippen LogP contribution >= 0.6 is 11.3 Å². The number of likely N-dealkylation sites (N-methyl/N-ethyl adjacent to an activating group) is 1. The number of hydrogen-bond acceptors (Lipinski definition) is 3. The third kappa shape index (κ3) is 2.69. The lowest BCUT2D eigenvalue weighted by molar-refractivity contribution is 0.311. The first-order valence-electron chi connectivity index (χ1n) is 9.11. The number of aromatic nitrogens is 2. The molecule has 4 aromatic rings. The van der Waals surface area contributed by atoms with Crippen LogP contribution in [0.15, 0.2) is 47.3 Å². The summed E-state index contributed by atoms with van der Waals surface area (Å²) < 4.78 is 15.7. The molecule has 5 rings (SSSR count). The van der Waals surface area contributed by atoms with Crippen LogP contribution in [-0.2, 0) is 13.0 Å². The van der Waals surface area contributed by atoms with E-state index >= 15 is 0 Å². The zero-order valence-corrected chi connectivity index (χ0v) is 16.2. The molecule has 0 N–H and O–H groups in total. The fourth-order valence-corrected chi connectivity index (χ4v) is 4.92. The highest BCUT2D eigenvalue weighted by atomic mass is 32.1. The second-order valence-electron chi connectivity index (χ2n) is 7.31. The summed E-state index contributed by atoms with van der Waals surface area (Å²) in [5, 5.41) is 5.66. The fraction of sp³-hybridized carbons (Fsp3) is 0.227. The van der Waals surface area contributed by atoms with Crippen molar-refractivity contribution in [3.63, 3.8) is 0 Å². The Kier molecular flexibility index (Phi) is 3.88. The Bertz CT molecular complexity index is 1140. The Labute approximate surface area is 161 Å². The van der Waals surface area contributed by atoms with Gasteiger partial charge >= 0.3 is 0 Å². The average molecular weight is 377 g/mol. The van der Waals surface area contributed by atoms with Crippen LogP contribution in [0.5, 0.6) is 0 Å². The number of halogens is 1. The molecule has 4 heterocycles. The van der Waals surface area contributed by atoms with Gasteiger partial charge in [-0.25, -0.2) is 4.98 Å². The van der Waals surface area contributed by atoms with Crippen molar-refractivity contribution in [2.24, 2.45) is 0 Å². The van der Waals surface area contributed by atoms with Crippen molar-refractivity contribution in [3.05, 3.63) is 70.1 Å². The molecule has 1 aromatic carbocycles. The molecule has 0 radical (unpaired) electrons. The Morgan fingerprint density at radius 1 is 1.15 bits per heavy atom. The van der Waals surface area contributed by atoms with Gasteiger partial charge in [-0.1, -0.05) is 11.6 Å². The summed E-state index contributed by atoms with van der Waals surface area (Å²) in [6.45, 7) is 4.18. The molecule has 0 amide bonds. The van der Waals surface area contributed by atoms with Gasteiger partial charge in [0.05, 0.1) is 11.2 Å². The summed E-state index contributed by atoms with van der Waals surface area (Å²) in [5.41, 5.74) is 8.56. The van der Waals surface area contributed by atoms with Crippen molar-refractivity contribution >= 4 is 22.2 Å². The highest BCUT2D eigenvalue weighted by Gasteiger charge is 2.24. The monoisotopic (exact) mass is 377 g/mol. The summed E-state index contributed by atoms with van der Waals surface area (Å²) in [7, 11) is 2.18. The Hall–Kier alpha value is -2.50. The van der Waals surface area contributed by atoms with Crippen LogP contribution in [-0.4, -0.2) is 28.0 Å². The normalized spacial score (nSPS) is 14.6. The van der Waals surface area contributed by atoms with Crippen LogP contribution in [0, 0.1) is 12.9 Å². The number of nitrogens with zero attached hydrogens (tertiary/aromatic N) is 3. The molecule has 0 saturated carbocycles. The molecule has 3 aromatic heterocycles. The largest absolute Gasteiger partial charge is 0.312 e. The standard InChI is InChI=1S/C22H20FN3S/c1-14-3-5-19-16(9-14)17-11-25(2)8-7-20(17)26(19)21-13-27-12-18(21)15-4-6-22(23)24-10-15/h3-6,9-10,12-13H,7-8,11H2,1-2H3. The number of thiophene rings is 1. The zero-order chi connectivity index (χ0) is 18.5. The van der Waals surface area contributed by atoms with Crippen LogP contribution in [0.3, 0.4) is 0 Å². The van der Waals surface area contributed by atoms with E-state index in [4.69, 9.17) is 0 Å². The van der Waals surface area contributed by atoms with Crippen molar-refractivity contribution in [1.29, 1.82) is 0 Å². The van der Waals surface area contributed by atoms with E-state index in [1.165, 1.54) is 33.8 Å². The van der Waals surface area contributed by atoms with E-state index in [0.29, 0.717) is 0 Å². The molecule has 0 unspecified atom stereocenters. The van der Waals surface area contributed by atoms with Crippen molar-refractivity contribution in [2.75, 3.05) is 13.6 Å². The summed E-state index contributed by atoms with van der Waals surface area (Å²) in [5.74, 6) is -0.446. The predicted octanol–water partition coefficient (Wildman–Crippen LogP) is 5.19. The van der Waals surface area contributed by atoms with Gasteiger partial charge in [0.2, 0.25) is 5.95 Å². The van der Waals surface area contributed by atoms with Gasteiger partial charge in [0.1, 0.15) is 0 Å². The molecule has 0 aliphatic carbocycles. The fourth-order valence-electron chi connectivity index (χ4n) is 4.10. The second-order valence-corrected chi connectivity index (χ2v) is 8.05. The first kappa shape index (κ1) is 16.7. The van der Waals surface area contributed by atoms with Gasteiger partial charge in [0, 0.05) is 58.7 Å². The molecule has 3 nitrogen and oxygen atoms in total. The summed E-state index contributed by atoms with van der Waals surface area (Å²) in [4.78, 5) is 6.23. The molecule has 0 spiro atoms. The van der Waals surface area contributed by atoms with Crippen molar-refractivity contribution in [3.8, 4) is 16.8 Å². The third-order valence-corrected chi connectivity index (χ3v) is 6.15. The van der Waals surface area contributed by atoms with Crippen LogP contribution < -0.4 is 0 Å². The number of pyridine rings is 1. The minimum atomic E-state index is -0.446. The minimum Gasteiger partial charge on any atom is -0.312 e. The lowest BCUT2D eigenvalue weighted by atomic mass is 10.0. The van der Waals surface area contributed by atoms with Gasteiger partial charge < -0.3 is 9.47 Å². The van der Waals surface area contributed by atoms with Crippen molar-refractivity contribution in [1.82, 2.24) is 14.5 Å². The smallest absolute Gasteiger partial charge is 0.212 e. The molecular weight excluding hydrogens is 357 g/mol. The molecule has 0 atom stereocenters. The third-order valence-electron chi connectivity index (χ3n) is 5.42. The molecule has 27 heavy (non-hydrogen) atoms. The average Bonchev–Trinajstić information content (AvgIpc) is 3.24. The lowest BCUT2D eigenvalue weighted by Gasteiger charge is -2.24. The minimum absolute atomic E-state index is 0.446. The summed E-state index contributed by atoms with van der Waals surface area (Å²) in [6, 6.07) is 9.95. The van der Waals surface area contributed by atoms with E-state index in [9.17, 15) is 4.39 Å². The van der Waals surface area contributed by atoms with Gasteiger partial charge in [-0.2, -0.15) is 4.39 Å². The Morgan fingerprint density at radius 2 is 2.04 bits per heavy atom. The number of benzene rings is 1. The van der Waals surface area contributed by atoms with E-state index in [0.717, 1.165) is 36.3 Å². The molecule has 0 bridgehead atoms. The van der Waals surface area contributed by atoms with Gasteiger partial charge in [-0.15, -0.1) is 11.3 Å². The number of hydrogen-bond donors (Lipinski definition) is 0. The first-order valence-corrected chi connectivity index (χ1v) is 10.1. The van der Waals surface area contributed by atoms with E-state index in [-0.39, 0.29) is 0 Å². The molecule has 5 heteroatoms. The maximum atomic E-state index is 13.3. The van der Waals surface area contributed by atoms with Crippen molar-refractivity contribution in [2.45, 2.75) is 19.9 Å². The summed E-state index contributed by atoms with van der Waals surface area (Å²) in [6.07, 6.45) is 2.65. The highest BCUT2D eigenvalue weighted by Crippen LogP contribution is 2.38. The Morgan fingerprint density at radius 3 is 2.85 bits per heavy atom. The van der Waals surface area contributed by atoms with Gasteiger partial charge in [0.15, 0.2) is 0 Å². The van der Waals surface area contributed by atoms with E-state index in [2.05, 4.69) is 57.4 Å². The molecule has 1 aliphatic rings. The van der Waals surface area contributed by atoms with E-state index in [1.807, 2.05) is 6.07 Å². The highest BCUT2D eigenvalue weighted by molar-refractivity contribution is 7.08. The number of aryl methyl sites for hydroxylation is 1. The van der Waals surface area contributed by atoms with Crippen LogP contribution in [0.4, 0.5) is 4.39 Å². The zero-order valence-electron chi connectivity index (χ0n) is 15.4. The lowest BCUT2D eigenvalue weighted by Crippen LogP contribution is -2.27. The topological polar surface area (TPSA) is 21.1 Å². The van der Waals surface area contributed by atoms with E-state index < -0.39 is 5.95 Å². The quantitative estimate of drug-likeness (QED) is 0.448. The molecule has 1 aliphatic heterocycles. The maximum Gasteiger partial charge on any atom is 0.212 e. The van der Waals surface area contributed by atoms with Crippen LogP contribution in [0.2, 0.25) is 0 Å². The Balaban J connectivity index is 1.78. The SMILES string of the molecule is Cc1ccc2c(c1)c1c(n2-c2cscc2-c2ccc(F)nc2)CCN(C)C1. The van der Waals surface area contributed by atoms with Gasteiger partial charge in [-0.05, 0) is 43.8 Å². The first-order chi connectivity index (χ1) is 13.1. The predicted molar refractivity (Wildman–Crippen MR) is 109 cm³/mol. The second kappa shape index (κ2) is 6.29. The molecule has 136 valence electrons. The molecule has 0 saturated heterocycles. The van der Waals surface area contributed by atoms with Gasteiger partial charge in [-0.3, -0.25) is 0 Å². The van der Waals surface area contributed by atoms with Crippen LogP contribution in [0.25, 0.3) is 27.7 Å².